The van der Waals surface area contributed by atoms with E-state index in [-0.39, 0.29) is 23.6 Å². The van der Waals surface area contributed by atoms with Crippen molar-refractivity contribution in [3.05, 3.63) is 81.9 Å². The second-order valence-electron chi connectivity index (χ2n) is 11.9. The fraction of sp³-hybridized carbons (Fsp3) is 0.314. The average Bonchev–Trinajstić information content (AvgIpc) is 3.01. The molecule has 0 aliphatic carbocycles. The molecule has 0 aromatic heterocycles. The molecule has 4 aliphatic heterocycles. The van der Waals surface area contributed by atoms with E-state index in [2.05, 4.69) is 47.6 Å². The monoisotopic (exact) mass is 578 g/mol. The van der Waals surface area contributed by atoms with Crippen LogP contribution in [0.3, 0.4) is 0 Å². The molecule has 220 valence electrons. The van der Waals surface area contributed by atoms with Crippen LogP contribution in [-0.4, -0.2) is 49.5 Å². The molecule has 8 heteroatoms. The highest BCUT2D eigenvalue weighted by atomic mass is 16.6. The van der Waals surface area contributed by atoms with E-state index in [1.54, 1.807) is 20.3 Å². The van der Waals surface area contributed by atoms with E-state index < -0.39 is 0 Å². The Kier molecular flexibility index (Phi) is 6.00. The average molecular weight is 579 g/mol. The number of aromatic hydroxyl groups is 2. The molecule has 3 N–H and O–H groups in total. The highest BCUT2D eigenvalue weighted by Gasteiger charge is 2.39. The molecule has 4 aromatic carbocycles. The van der Waals surface area contributed by atoms with Crippen LogP contribution in [0.5, 0.6) is 46.0 Å². The number of phenolic OH excluding ortho intramolecular Hbond substituents is 2. The van der Waals surface area contributed by atoms with Crippen molar-refractivity contribution in [2.45, 2.75) is 37.8 Å². The van der Waals surface area contributed by atoms with Gasteiger partial charge in [-0.1, -0.05) is 12.1 Å². The van der Waals surface area contributed by atoms with Gasteiger partial charge in [0.25, 0.3) is 0 Å². The number of phenols is 2. The van der Waals surface area contributed by atoms with Gasteiger partial charge in [-0.15, -0.1) is 0 Å². The molecule has 4 aliphatic rings. The maximum absolute atomic E-state index is 11.5. The summed E-state index contributed by atoms with van der Waals surface area (Å²) in [4.78, 5) is 2.30. The van der Waals surface area contributed by atoms with Crippen LogP contribution in [-0.2, 0) is 25.7 Å². The fourth-order valence-corrected chi connectivity index (χ4v) is 7.33. The van der Waals surface area contributed by atoms with Crippen LogP contribution in [0.2, 0.25) is 0 Å². The topological polar surface area (TPSA) is 92.7 Å². The Morgan fingerprint density at radius 2 is 1.63 bits per heavy atom. The van der Waals surface area contributed by atoms with Crippen LogP contribution >= 0.6 is 0 Å². The smallest absolute Gasteiger partial charge is 0.216 e. The van der Waals surface area contributed by atoms with Gasteiger partial charge in [0.2, 0.25) is 11.5 Å². The van der Waals surface area contributed by atoms with Gasteiger partial charge in [-0.3, -0.25) is 4.90 Å². The summed E-state index contributed by atoms with van der Waals surface area (Å²) in [6.07, 6.45) is 2.90. The predicted octanol–water partition coefficient (Wildman–Crippen LogP) is 6.19. The van der Waals surface area contributed by atoms with Gasteiger partial charge < -0.3 is 34.5 Å². The summed E-state index contributed by atoms with van der Waals surface area (Å²) in [7, 11) is 5.31. The maximum atomic E-state index is 11.5. The fourth-order valence-electron chi connectivity index (χ4n) is 7.33. The number of rotatable bonds is 2. The number of nitrogens with zero attached hydrogens (tertiary/aromatic N) is 1. The largest absolute Gasteiger partial charge is 0.507 e. The summed E-state index contributed by atoms with van der Waals surface area (Å²) in [5.74, 6) is 3.61. The van der Waals surface area contributed by atoms with Crippen molar-refractivity contribution in [1.82, 2.24) is 10.2 Å². The molecule has 0 unspecified atom stereocenters. The third-order valence-corrected chi connectivity index (χ3v) is 9.54. The molecule has 4 aromatic rings. The zero-order valence-electron chi connectivity index (χ0n) is 24.5. The summed E-state index contributed by atoms with van der Waals surface area (Å²) in [5, 5.41) is 26.3. The van der Waals surface area contributed by atoms with Crippen LogP contribution in [0.4, 0.5) is 0 Å². The van der Waals surface area contributed by atoms with Crippen LogP contribution in [0.1, 0.15) is 45.5 Å². The first kappa shape index (κ1) is 26.2. The van der Waals surface area contributed by atoms with E-state index in [1.165, 1.54) is 11.1 Å². The van der Waals surface area contributed by atoms with Gasteiger partial charge in [0, 0.05) is 40.9 Å². The van der Waals surface area contributed by atoms with Crippen molar-refractivity contribution in [3.63, 3.8) is 0 Å². The summed E-state index contributed by atoms with van der Waals surface area (Å²) in [5.41, 5.74) is 7.87. The Labute approximate surface area is 250 Å². The summed E-state index contributed by atoms with van der Waals surface area (Å²) >= 11 is 0. The van der Waals surface area contributed by atoms with Crippen molar-refractivity contribution in [2.75, 3.05) is 34.4 Å². The first-order chi connectivity index (χ1) is 20.9. The zero-order valence-corrected chi connectivity index (χ0v) is 24.5. The Hall–Kier alpha value is -4.40. The molecule has 8 rings (SSSR count). The van der Waals surface area contributed by atoms with Crippen molar-refractivity contribution >= 4 is 0 Å². The Morgan fingerprint density at radius 3 is 2.47 bits per heavy atom. The predicted molar refractivity (Wildman–Crippen MR) is 162 cm³/mol. The van der Waals surface area contributed by atoms with Gasteiger partial charge in [0.05, 0.1) is 14.2 Å². The number of benzene rings is 4. The number of fused-ring (bicyclic) bond motifs is 5. The van der Waals surface area contributed by atoms with E-state index in [9.17, 15) is 10.2 Å². The molecule has 8 nitrogen and oxygen atoms in total. The van der Waals surface area contributed by atoms with Gasteiger partial charge in [0.15, 0.2) is 23.0 Å². The first-order valence-electron chi connectivity index (χ1n) is 14.8. The Bertz CT molecular complexity index is 1800. The highest BCUT2D eigenvalue weighted by Crippen LogP contribution is 2.60. The van der Waals surface area contributed by atoms with E-state index in [1.807, 2.05) is 12.1 Å². The zero-order chi connectivity index (χ0) is 29.4. The molecule has 7 bridgehead atoms. The third-order valence-electron chi connectivity index (χ3n) is 9.54. The van der Waals surface area contributed by atoms with Crippen molar-refractivity contribution in [2.24, 2.45) is 0 Å². The normalized spacial score (nSPS) is 19.8. The minimum Gasteiger partial charge on any atom is -0.507 e. The molecule has 2 atom stereocenters. The Balaban J connectivity index is 1.41. The van der Waals surface area contributed by atoms with Crippen LogP contribution < -0.4 is 24.3 Å². The van der Waals surface area contributed by atoms with Crippen LogP contribution in [0, 0.1) is 0 Å². The molecule has 0 fully saturated rings. The van der Waals surface area contributed by atoms with Crippen molar-refractivity contribution in [3.8, 4) is 57.1 Å². The lowest BCUT2D eigenvalue weighted by Gasteiger charge is -2.38. The number of methoxy groups -OCH3 is 2. The highest BCUT2D eigenvalue weighted by molar-refractivity contribution is 5.77. The number of likely N-dealkylation sites (N-methyl/N-ethyl adjacent to an activating group) is 1. The van der Waals surface area contributed by atoms with Gasteiger partial charge in [-0.05, 0) is 97.9 Å². The van der Waals surface area contributed by atoms with Crippen molar-refractivity contribution < 1.29 is 29.2 Å². The lowest BCUT2D eigenvalue weighted by Crippen LogP contribution is -2.34. The minimum atomic E-state index is -0.111. The van der Waals surface area contributed by atoms with E-state index in [0.29, 0.717) is 47.3 Å². The molecular weight excluding hydrogens is 544 g/mol. The summed E-state index contributed by atoms with van der Waals surface area (Å²) in [6.45, 7) is 1.59. The lowest BCUT2D eigenvalue weighted by molar-refractivity contribution is 0.215. The molecule has 0 spiro atoms. The molecule has 0 saturated carbocycles. The Morgan fingerprint density at radius 1 is 0.860 bits per heavy atom. The van der Waals surface area contributed by atoms with Crippen LogP contribution in [0.15, 0.2) is 48.5 Å². The number of hydrogen-bond acceptors (Lipinski definition) is 8. The van der Waals surface area contributed by atoms with Gasteiger partial charge >= 0.3 is 0 Å². The van der Waals surface area contributed by atoms with E-state index in [0.717, 1.165) is 59.3 Å². The van der Waals surface area contributed by atoms with Crippen molar-refractivity contribution in [1.29, 1.82) is 0 Å². The first-order valence-corrected chi connectivity index (χ1v) is 14.8. The van der Waals surface area contributed by atoms with E-state index in [4.69, 9.17) is 18.9 Å². The molecule has 0 amide bonds. The maximum Gasteiger partial charge on any atom is 0.216 e. The molecule has 43 heavy (non-hydrogen) atoms. The number of nitrogens with one attached hydrogen (secondary N) is 1. The van der Waals surface area contributed by atoms with Gasteiger partial charge in [-0.25, -0.2) is 0 Å². The molecule has 0 radical (unpaired) electrons. The summed E-state index contributed by atoms with van der Waals surface area (Å²) in [6, 6.07) is 16.1. The third kappa shape index (κ3) is 4.04. The van der Waals surface area contributed by atoms with Gasteiger partial charge in [-0.2, -0.15) is 0 Å². The standard InChI is InChI=1S/C35H34N2O6/c1-37-11-9-21-31-26(37)15-19-5-7-28(40-2)24(13-19)23-12-18(4-6-27(23)38)14-25-22-17-30-29(16-20(22)8-10-36-25)43-35(33(31)42-30)34(41-3)32(21)39/h4-7,12-13,16-17,25-26,36,38-39H,8-11,14-15H2,1-3H3/t25-,26+/m1/s1. The minimum absolute atomic E-state index is 0.0553. The second kappa shape index (κ2) is 9.82. The number of hydrogen-bond donors (Lipinski definition) is 3. The SMILES string of the molecule is COc1ccc2cc1-c1cc(ccc1O)C[C@H]1NCCc3cc4c(cc31)Oc1c(c(OC)c(O)c3c1[C@H](C2)N(C)CC3)O4. The quantitative estimate of drug-likeness (QED) is 0.228. The molecular formula is C35H34N2O6. The van der Waals surface area contributed by atoms with Crippen LogP contribution in [0.25, 0.3) is 11.1 Å². The van der Waals surface area contributed by atoms with E-state index >= 15 is 0 Å². The molecule has 4 heterocycles. The summed E-state index contributed by atoms with van der Waals surface area (Å²) < 4.78 is 24.9. The molecule has 0 saturated heterocycles. The lowest BCUT2D eigenvalue weighted by atomic mass is 9.85. The second-order valence-corrected chi connectivity index (χ2v) is 11.9. The number of ether oxygens (including phenoxy) is 4. The van der Waals surface area contributed by atoms with Gasteiger partial charge in [0.1, 0.15) is 11.5 Å².